The Bertz CT molecular complexity index is 809. The fourth-order valence-corrected chi connectivity index (χ4v) is 3.33. The van der Waals surface area contributed by atoms with Gasteiger partial charge in [-0.3, -0.25) is 4.79 Å². The summed E-state index contributed by atoms with van der Waals surface area (Å²) in [4.78, 5) is 18.0. The van der Waals surface area contributed by atoms with E-state index in [0.717, 1.165) is 17.4 Å². The Morgan fingerprint density at radius 1 is 1.29 bits per heavy atom. The van der Waals surface area contributed by atoms with Crippen molar-refractivity contribution in [3.05, 3.63) is 53.7 Å². The first-order chi connectivity index (χ1) is 13.4. The number of methoxy groups -OCH3 is 1. The first-order valence-corrected chi connectivity index (χ1v) is 9.06. The molecule has 0 spiro atoms. The van der Waals surface area contributed by atoms with E-state index in [4.69, 9.17) is 4.74 Å². The maximum Gasteiger partial charge on any atom is 0.419 e. The van der Waals surface area contributed by atoms with Gasteiger partial charge < -0.3 is 15.0 Å². The number of halogens is 3. The monoisotopic (exact) mass is 393 g/mol. The zero-order valence-corrected chi connectivity index (χ0v) is 15.5. The van der Waals surface area contributed by atoms with Crippen LogP contribution in [0.2, 0.25) is 0 Å². The lowest BCUT2D eigenvalue weighted by atomic mass is 9.96. The number of aromatic nitrogens is 1. The number of nitrogens with zero attached hydrogens (tertiary/aromatic N) is 2. The zero-order valence-electron chi connectivity index (χ0n) is 15.5. The molecule has 1 aromatic carbocycles. The third kappa shape index (κ3) is 4.74. The summed E-state index contributed by atoms with van der Waals surface area (Å²) in [5.74, 6) is 0.0802. The predicted octanol–water partition coefficient (Wildman–Crippen LogP) is 3.64. The van der Waals surface area contributed by atoms with E-state index in [2.05, 4.69) is 10.3 Å². The summed E-state index contributed by atoms with van der Waals surface area (Å²) in [5, 5.41) is 2.87. The van der Waals surface area contributed by atoms with Crippen molar-refractivity contribution in [3.8, 4) is 5.75 Å². The number of piperidine rings is 1. The topological polar surface area (TPSA) is 54.5 Å². The van der Waals surface area contributed by atoms with Gasteiger partial charge in [-0.1, -0.05) is 12.1 Å². The van der Waals surface area contributed by atoms with Crippen LogP contribution in [0.1, 0.15) is 24.0 Å². The smallest absolute Gasteiger partial charge is 0.419 e. The van der Waals surface area contributed by atoms with E-state index in [-0.39, 0.29) is 24.2 Å². The predicted molar refractivity (Wildman–Crippen MR) is 99.0 cm³/mol. The van der Waals surface area contributed by atoms with E-state index < -0.39 is 11.7 Å². The van der Waals surface area contributed by atoms with Crippen LogP contribution in [0.25, 0.3) is 0 Å². The summed E-state index contributed by atoms with van der Waals surface area (Å²) in [6.45, 7) is 1.02. The Morgan fingerprint density at radius 2 is 2.04 bits per heavy atom. The third-order valence-corrected chi connectivity index (χ3v) is 4.81. The number of ether oxygens (including phenoxy) is 1. The molecule has 8 heteroatoms. The fourth-order valence-electron chi connectivity index (χ4n) is 3.33. The molecule has 1 amide bonds. The number of carbonyl (C=O) groups excluding carboxylic acids is 1. The van der Waals surface area contributed by atoms with Gasteiger partial charge in [-0.15, -0.1) is 0 Å². The molecule has 2 aromatic rings. The highest BCUT2D eigenvalue weighted by Crippen LogP contribution is 2.36. The summed E-state index contributed by atoms with van der Waals surface area (Å²) in [5.41, 5.74) is 0.153. The van der Waals surface area contributed by atoms with Gasteiger partial charge >= 0.3 is 6.18 Å². The molecule has 28 heavy (non-hydrogen) atoms. The first-order valence-electron chi connectivity index (χ1n) is 9.06. The molecule has 1 aliphatic heterocycles. The molecule has 1 unspecified atom stereocenters. The van der Waals surface area contributed by atoms with E-state index in [0.29, 0.717) is 25.9 Å². The summed E-state index contributed by atoms with van der Waals surface area (Å²) in [7, 11) is 1.58. The molecular formula is C20H22F3N3O2. The van der Waals surface area contributed by atoms with Crippen molar-refractivity contribution >= 4 is 11.7 Å². The number of hydrogen-bond acceptors (Lipinski definition) is 4. The Hall–Kier alpha value is -2.77. The van der Waals surface area contributed by atoms with E-state index in [1.54, 1.807) is 12.0 Å². The molecule has 5 nitrogen and oxygen atoms in total. The quantitative estimate of drug-likeness (QED) is 0.843. The van der Waals surface area contributed by atoms with E-state index in [9.17, 15) is 18.0 Å². The largest absolute Gasteiger partial charge is 0.497 e. The van der Waals surface area contributed by atoms with E-state index in [1.807, 2.05) is 24.3 Å². The van der Waals surface area contributed by atoms with Crippen molar-refractivity contribution in [2.75, 3.05) is 25.1 Å². The Kier molecular flexibility index (Phi) is 6.06. The molecular weight excluding hydrogens is 371 g/mol. The highest BCUT2D eigenvalue weighted by molar-refractivity contribution is 5.79. The number of rotatable bonds is 5. The molecule has 1 aliphatic rings. The van der Waals surface area contributed by atoms with Crippen molar-refractivity contribution in [3.63, 3.8) is 0 Å². The van der Waals surface area contributed by atoms with Crippen LogP contribution in [-0.4, -0.2) is 31.1 Å². The molecule has 0 radical (unpaired) electrons. The van der Waals surface area contributed by atoms with Gasteiger partial charge in [-0.25, -0.2) is 4.98 Å². The van der Waals surface area contributed by atoms with Crippen LogP contribution in [0, 0.1) is 5.92 Å². The lowest BCUT2D eigenvalue weighted by molar-refractivity contribution is -0.137. The average Bonchev–Trinajstić information content (AvgIpc) is 2.72. The lowest BCUT2D eigenvalue weighted by Gasteiger charge is -2.34. The lowest BCUT2D eigenvalue weighted by Crippen LogP contribution is -2.43. The van der Waals surface area contributed by atoms with Gasteiger partial charge in [-0.2, -0.15) is 13.2 Å². The van der Waals surface area contributed by atoms with Crippen LogP contribution < -0.4 is 15.0 Å². The van der Waals surface area contributed by atoms with Crippen molar-refractivity contribution in [2.24, 2.45) is 5.92 Å². The number of nitrogens with one attached hydrogen (secondary N) is 1. The minimum Gasteiger partial charge on any atom is -0.497 e. The highest BCUT2D eigenvalue weighted by atomic mass is 19.4. The fraction of sp³-hybridized carbons (Fsp3) is 0.400. The minimum atomic E-state index is -4.48. The number of benzene rings is 1. The van der Waals surface area contributed by atoms with Gasteiger partial charge in [0.25, 0.3) is 0 Å². The van der Waals surface area contributed by atoms with Gasteiger partial charge in [0.05, 0.1) is 18.6 Å². The minimum absolute atomic E-state index is 0.109. The molecule has 1 aromatic heterocycles. The molecule has 1 fully saturated rings. The van der Waals surface area contributed by atoms with Crippen molar-refractivity contribution < 1.29 is 22.7 Å². The highest BCUT2D eigenvalue weighted by Gasteiger charge is 2.37. The average molecular weight is 393 g/mol. The number of alkyl halides is 3. The number of anilines is 1. The summed E-state index contributed by atoms with van der Waals surface area (Å²) in [6.07, 6.45) is -1.86. The first kappa shape index (κ1) is 20.0. The summed E-state index contributed by atoms with van der Waals surface area (Å²) >= 11 is 0. The van der Waals surface area contributed by atoms with Gasteiger partial charge in [-0.05, 0) is 42.7 Å². The van der Waals surface area contributed by atoms with Crippen LogP contribution >= 0.6 is 0 Å². The van der Waals surface area contributed by atoms with Crippen LogP contribution in [0.15, 0.2) is 42.6 Å². The second kappa shape index (κ2) is 8.50. The molecule has 1 N–H and O–H groups in total. The zero-order chi connectivity index (χ0) is 20.1. The van der Waals surface area contributed by atoms with E-state index in [1.165, 1.54) is 12.3 Å². The second-order valence-corrected chi connectivity index (χ2v) is 6.72. The SMILES string of the molecule is COc1ccc(CNC(=O)C2CCCN(c3ncccc3C(F)(F)F)C2)cc1. The number of hydrogen-bond donors (Lipinski definition) is 1. The van der Waals surface area contributed by atoms with Crippen LogP contribution in [0.5, 0.6) is 5.75 Å². The van der Waals surface area contributed by atoms with Gasteiger partial charge in [0.1, 0.15) is 11.6 Å². The third-order valence-electron chi connectivity index (χ3n) is 4.81. The Labute approximate surface area is 161 Å². The number of carbonyl (C=O) groups is 1. The molecule has 0 saturated carbocycles. The van der Waals surface area contributed by atoms with Crippen molar-refractivity contribution in [1.82, 2.24) is 10.3 Å². The molecule has 0 aliphatic carbocycles. The normalized spacial score (nSPS) is 17.3. The Morgan fingerprint density at radius 3 is 2.71 bits per heavy atom. The number of pyridine rings is 1. The summed E-state index contributed by atoms with van der Waals surface area (Å²) < 4.78 is 44.9. The van der Waals surface area contributed by atoms with E-state index >= 15 is 0 Å². The molecule has 0 bridgehead atoms. The van der Waals surface area contributed by atoms with Gasteiger partial charge in [0.15, 0.2) is 0 Å². The molecule has 1 atom stereocenters. The van der Waals surface area contributed by atoms with Crippen LogP contribution in [0.4, 0.5) is 19.0 Å². The number of amides is 1. The summed E-state index contributed by atoms with van der Waals surface area (Å²) in [6, 6.07) is 9.63. The van der Waals surface area contributed by atoms with Crippen LogP contribution in [0.3, 0.4) is 0 Å². The van der Waals surface area contributed by atoms with Crippen molar-refractivity contribution in [1.29, 1.82) is 0 Å². The Balaban J connectivity index is 1.64. The van der Waals surface area contributed by atoms with Gasteiger partial charge in [0.2, 0.25) is 5.91 Å². The molecule has 1 saturated heterocycles. The molecule has 3 rings (SSSR count). The standard InChI is InChI=1S/C20H22F3N3O2/c1-28-16-8-6-14(7-9-16)12-25-19(27)15-4-3-11-26(13-15)18-17(20(21,22)23)5-2-10-24-18/h2,5-10,15H,3-4,11-13H2,1H3,(H,25,27). The molecule has 150 valence electrons. The van der Waals surface area contributed by atoms with Crippen molar-refractivity contribution in [2.45, 2.75) is 25.6 Å². The maximum absolute atomic E-state index is 13.3. The molecule has 2 heterocycles. The van der Waals surface area contributed by atoms with Crippen LogP contribution in [-0.2, 0) is 17.5 Å². The van der Waals surface area contributed by atoms with Gasteiger partial charge in [0, 0.05) is 25.8 Å². The second-order valence-electron chi connectivity index (χ2n) is 6.72. The maximum atomic E-state index is 13.3.